The van der Waals surface area contributed by atoms with Crippen LogP contribution in [0.3, 0.4) is 0 Å². The average molecular weight is 191 g/mol. The van der Waals surface area contributed by atoms with E-state index in [0.717, 1.165) is 19.3 Å². The highest BCUT2D eigenvalue weighted by atomic mass is 16.1. The van der Waals surface area contributed by atoms with Crippen LogP contribution >= 0.6 is 0 Å². The Hall–Kier alpha value is -1.31. The fraction of sp³-hybridized carbons (Fsp3) is 0.417. The van der Waals surface area contributed by atoms with E-state index in [1.54, 1.807) is 6.92 Å². The third kappa shape index (κ3) is 1.95. The second-order valence-corrected chi connectivity index (χ2v) is 3.91. The fourth-order valence-electron chi connectivity index (χ4n) is 2.11. The first-order valence-electron chi connectivity index (χ1n) is 5.09. The zero-order valence-electron chi connectivity index (χ0n) is 8.42. The molecular weight excluding hydrogens is 174 g/mol. The second kappa shape index (κ2) is 3.82. The lowest BCUT2D eigenvalue weighted by Crippen LogP contribution is -2.37. The average Bonchev–Trinajstić information content (AvgIpc) is 2.17. The van der Waals surface area contributed by atoms with E-state index in [1.807, 2.05) is 0 Å². The molecule has 0 spiro atoms. The topological polar surface area (TPSA) is 29.1 Å². The van der Waals surface area contributed by atoms with Crippen molar-refractivity contribution < 1.29 is 6.22 Å². The van der Waals surface area contributed by atoms with Crippen molar-refractivity contribution in [1.82, 2.24) is 5.32 Å². The maximum absolute atomic E-state index is 10.9. The van der Waals surface area contributed by atoms with Crippen molar-refractivity contribution in [2.75, 3.05) is 0 Å². The quantitative estimate of drug-likeness (QED) is 0.722. The molecule has 0 bridgehead atoms. The summed E-state index contributed by atoms with van der Waals surface area (Å²) in [6, 6.07) is 8.82. The van der Waals surface area contributed by atoms with Gasteiger partial charge in [0.15, 0.2) is 0 Å². The van der Waals surface area contributed by atoms with Crippen LogP contribution in [-0.4, -0.2) is 11.9 Å². The highest BCUT2D eigenvalue weighted by Gasteiger charge is 2.18. The smallest absolute Gasteiger partial charge is 0.217 e. The van der Waals surface area contributed by atoms with E-state index in [1.165, 1.54) is 11.1 Å². The van der Waals surface area contributed by atoms with Crippen LogP contribution in [0.25, 0.3) is 0 Å². The Labute approximate surface area is 85.8 Å². The van der Waals surface area contributed by atoms with Gasteiger partial charge in [-0.3, -0.25) is 4.79 Å². The van der Waals surface area contributed by atoms with Crippen molar-refractivity contribution in [3.8, 4) is 0 Å². The molecule has 2 rings (SSSR count). The van der Waals surface area contributed by atoms with E-state index in [0.29, 0.717) is 6.04 Å². The second-order valence-electron chi connectivity index (χ2n) is 3.91. The van der Waals surface area contributed by atoms with Crippen LogP contribution in [0.4, 0.5) is 0 Å². The summed E-state index contributed by atoms with van der Waals surface area (Å²) < 4.78 is 0. The minimum atomic E-state index is 0. The monoisotopic (exact) mass is 191 g/mol. The summed E-state index contributed by atoms with van der Waals surface area (Å²) >= 11 is 0. The predicted octanol–water partition coefficient (Wildman–Crippen LogP) is 1.93. The molecule has 1 aromatic rings. The van der Waals surface area contributed by atoms with Crippen LogP contribution in [0.15, 0.2) is 24.3 Å². The fourth-order valence-corrected chi connectivity index (χ4v) is 2.11. The molecule has 0 aliphatic heterocycles. The van der Waals surface area contributed by atoms with Gasteiger partial charge in [-0.1, -0.05) is 24.3 Å². The molecule has 2 heteroatoms. The van der Waals surface area contributed by atoms with Gasteiger partial charge in [-0.15, -0.1) is 0 Å². The van der Waals surface area contributed by atoms with Crippen molar-refractivity contribution in [3.63, 3.8) is 0 Å². The van der Waals surface area contributed by atoms with Crippen LogP contribution in [0.1, 0.15) is 25.9 Å². The number of rotatable bonds is 1. The molecule has 1 amide bonds. The molecule has 0 aromatic heterocycles. The van der Waals surface area contributed by atoms with Crippen LogP contribution < -0.4 is 5.32 Å². The van der Waals surface area contributed by atoms with Gasteiger partial charge in [0.05, 0.1) is 0 Å². The Morgan fingerprint density at radius 1 is 1.43 bits per heavy atom. The van der Waals surface area contributed by atoms with Gasteiger partial charge in [0, 0.05) is 14.4 Å². The Morgan fingerprint density at radius 3 is 2.86 bits per heavy atom. The zero-order valence-corrected chi connectivity index (χ0v) is 8.42. The van der Waals surface area contributed by atoms with Gasteiger partial charge in [0.2, 0.25) is 5.91 Å². The van der Waals surface area contributed by atoms with Crippen molar-refractivity contribution in [3.05, 3.63) is 35.4 Å². The molecule has 1 atom stereocenters. The number of nitrogens with one attached hydrogen (secondary N) is 1. The van der Waals surface area contributed by atoms with Gasteiger partial charge >= 0.3 is 0 Å². The van der Waals surface area contributed by atoms with Crippen LogP contribution in [0.2, 0.25) is 0 Å². The first-order valence-corrected chi connectivity index (χ1v) is 5.09. The number of carbonyl (C=O) groups excluding carboxylic acids is 1. The lowest BCUT2D eigenvalue weighted by molar-refractivity contribution is -0.119. The summed E-state index contributed by atoms with van der Waals surface area (Å²) in [5.41, 5.74) is 2.83. The van der Waals surface area contributed by atoms with Gasteiger partial charge < -0.3 is 5.32 Å². The standard InChI is InChI=1S/C12H15NO.H2/c1-9(14)13-12-7-6-10-4-2-3-5-11(10)8-12;/h2-5,12H,6-8H2,1H3,(H,13,14);1H. The molecule has 1 aromatic carbocycles. The third-order valence-corrected chi connectivity index (χ3v) is 2.75. The van der Waals surface area contributed by atoms with Gasteiger partial charge in [-0.2, -0.15) is 0 Å². The van der Waals surface area contributed by atoms with Crippen LogP contribution in [-0.2, 0) is 17.6 Å². The summed E-state index contributed by atoms with van der Waals surface area (Å²) in [5.74, 6) is 0.0781. The summed E-state index contributed by atoms with van der Waals surface area (Å²) in [4.78, 5) is 10.9. The molecule has 0 radical (unpaired) electrons. The van der Waals surface area contributed by atoms with Crippen molar-refractivity contribution >= 4 is 5.91 Å². The molecule has 76 valence electrons. The van der Waals surface area contributed by atoms with Crippen molar-refractivity contribution in [2.45, 2.75) is 32.2 Å². The first-order chi connectivity index (χ1) is 6.75. The molecule has 0 saturated carbocycles. The number of amides is 1. The molecule has 1 unspecified atom stereocenters. The van der Waals surface area contributed by atoms with Crippen molar-refractivity contribution in [2.24, 2.45) is 0 Å². The number of hydrogen-bond donors (Lipinski definition) is 1. The Morgan fingerprint density at radius 2 is 2.14 bits per heavy atom. The maximum Gasteiger partial charge on any atom is 0.217 e. The molecule has 14 heavy (non-hydrogen) atoms. The Kier molecular flexibility index (Phi) is 2.53. The van der Waals surface area contributed by atoms with Gasteiger partial charge in [-0.05, 0) is 30.4 Å². The van der Waals surface area contributed by atoms with E-state index in [4.69, 9.17) is 0 Å². The molecular formula is C12H17NO. The number of carbonyl (C=O) groups is 1. The summed E-state index contributed by atoms with van der Waals surface area (Å²) in [6.45, 7) is 1.58. The van der Waals surface area contributed by atoms with Crippen LogP contribution in [0.5, 0.6) is 0 Å². The van der Waals surface area contributed by atoms with E-state index in [2.05, 4.69) is 29.6 Å². The Balaban J connectivity index is 0.00000112. The van der Waals surface area contributed by atoms with Crippen molar-refractivity contribution in [1.29, 1.82) is 0 Å². The SMILES string of the molecule is CC(=O)NC1CCc2ccccc2C1.[HH]. The summed E-state index contributed by atoms with van der Waals surface area (Å²) in [7, 11) is 0. The maximum atomic E-state index is 10.9. The molecule has 0 saturated heterocycles. The molecule has 0 heterocycles. The Bertz CT molecular complexity index is 351. The summed E-state index contributed by atoms with van der Waals surface area (Å²) in [5, 5.41) is 2.98. The molecule has 1 N–H and O–H groups in total. The van der Waals surface area contributed by atoms with E-state index >= 15 is 0 Å². The van der Waals surface area contributed by atoms with Crippen LogP contribution in [0, 0.1) is 0 Å². The highest BCUT2D eigenvalue weighted by molar-refractivity contribution is 5.73. The lowest BCUT2D eigenvalue weighted by Gasteiger charge is -2.24. The molecule has 2 nitrogen and oxygen atoms in total. The minimum absolute atomic E-state index is 0. The number of benzene rings is 1. The van der Waals surface area contributed by atoms with Gasteiger partial charge in [0.25, 0.3) is 0 Å². The minimum Gasteiger partial charge on any atom is -0.353 e. The van der Waals surface area contributed by atoms with E-state index in [-0.39, 0.29) is 7.33 Å². The number of fused-ring (bicyclic) bond motifs is 1. The highest BCUT2D eigenvalue weighted by Crippen LogP contribution is 2.20. The first kappa shape index (κ1) is 9.25. The largest absolute Gasteiger partial charge is 0.353 e. The molecule has 1 aliphatic carbocycles. The lowest BCUT2D eigenvalue weighted by atomic mass is 9.88. The predicted molar refractivity (Wildman–Crippen MR) is 58.2 cm³/mol. The van der Waals surface area contributed by atoms with E-state index in [9.17, 15) is 4.79 Å². The zero-order chi connectivity index (χ0) is 9.97. The number of aryl methyl sites for hydroxylation is 1. The summed E-state index contributed by atoms with van der Waals surface area (Å²) in [6.07, 6.45) is 3.13. The molecule has 0 fully saturated rings. The third-order valence-electron chi connectivity index (χ3n) is 2.75. The number of hydrogen-bond acceptors (Lipinski definition) is 1. The normalized spacial score (nSPS) is 19.9. The molecule has 1 aliphatic rings. The van der Waals surface area contributed by atoms with Gasteiger partial charge in [0.1, 0.15) is 0 Å². The van der Waals surface area contributed by atoms with Gasteiger partial charge in [-0.25, -0.2) is 0 Å². The van der Waals surface area contributed by atoms with E-state index < -0.39 is 0 Å².